The molecular formula is C12H20N4O. The van der Waals surface area contributed by atoms with Crippen molar-refractivity contribution in [2.75, 3.05) is 25.5 Å². The van der Waals surface area contributed by atoms with Crippen LogP contribution in [0.5, 0.6) is 0 Å². The molecule has 1 unspecified atom stereocenters. The quantitative estimate of drug-likeness (QED) is 0.839. The molecule has 0 radical (unpaired) electrons. The van der Waals surface area contributed by atoms with Gasteiger partial charge in [-0.2, -0.15) is 0 Å². The number of anilines is 1. The Kier molecular flexibility index (Phi) is 3.78. The van der Waals surface area contributed by atoms with E-state index in [0.29, 0.717) is 18.4 Å². The van der Waals surface area contributed by atoms with Crippen molar-refractivity contribution < 1.29 is 0 Å². The Labute approximate surface area is 101 Å². The van der Waals surface area contributed by atoms with Gasteiger partial charge in [-0.1, -0.05) is 0 Å². The van der Waals surface area contributed by atoms with Gasteiger partial charge in [-0.15, -0.1) is 0 Å². The Hall–Kier alpha value is -1.36. The lowest BCUT2D eigenvalue weighted by Crippen LogP contribution is -2.34. The second-order valence-electron chi connectivity index (χ2n) is 4.52. The fraction of sp³-hybridized carbons (Fsp3) is 0.667. The van der Waals surface area contributed by atoms with Crippen molar-refractivity contribution >= 4 is 5.82 Å². The molecule has 1 N–H and O–H groups in total. The molecule has 94 valence electrons. The van der Waals surface area contributed by atoms with Crippen LogP contribution in [0.1, 0.15) is 19.8 Å². The maximum atomic E-state index is 11.9. The summed E-state index contributed by atoms with van der Waals surface area (Å²) in [6.45, 7) is 4.58. The lowest BCUT2D eigenvalue weighted by Gasteiger charge is -2.19. The van der Waals surface area contributed by atoms with Gasteiger partial charge >= 0.3 is 0 Å². The number of hydrogen-bond acceptors (Lipinski definition) is 4. The maximum absolute atomic E-state index is 11.9. The van der Waals surface area contributed by atoms with E-state index in [4.69, 9.17) is 0 Å². The minimum Gasteiger partial charge on any atom is -0.364 e. The van der Waals surface area contributed by atoms with E-state index in [1.807, 2.05) is 6.92 Å². The molecule has 1 aliphatic rings. The fourth-order valence-electron chi connectivity index (χ4n) is 2.27. The summed E-state index contributed by atoms with van der Waals surface area (Å²) in [6, 6.07) is 0.520. The molecule has 1 aromatic heterocycles. The highest BCUT2D eigenvalue weighted by Gasteiger charge is 2.20. The first-order valence-corrected chi connectivity index (χ1v) is 6.22. The molecule has 1 fully saturated rings. The van der Waals surface area contributed by atoms with Crippen LogP contribution in [-0.2, 0) is 6.54 Å². The summed E-state index contributed by atoms with van der Waals surface area (Å²) < 4.78 is 1.66. The molecule has 0 saturated carbocycles. The van der Waals surface area contributed by atoms with Crippen molar-refractivity contribution in [2.45, 2.75) is 32.4 Å². The number of likely N-dealkylation sites (N-methyl/N-ethyl adjacent to an activating group) is 1. The highest BCUT2D eigenvalue weighted by Crippen LogP contribution is 2.14. The van der Waals surface area contributed by atoms with E-state index in [2.05, 4.69) is 22.2 Å². The van der Waals surface area contributed by atoms with Gasteiger partial charge in [-0.3, -0.25) is 4.79 Å². The Bertz CT molecular complexity index is 429. The largest absolute Gasteiger partial charge is 0.364 e. The van der Waals surface area contributed by atoms with Gasteiger partial charge in [0, 0.05) is 31.5 Å². The second-order valence-corrected chi connectivity index (χ2v) is 4.52. The van der Waals surface area contributed by atoms with Gasteiger partial charge in [0.1, 0.15) is 0 Å². The molecule has 1 saturated heterocycles. The van der Waals surface area contributed by atoms with Crippen LogP contribution in [0.4, 0.5) is 5.82 Å². The molecule has 0 aromatic carbocycles. The first-order chi connectivity index (χ1) is 8.22. The van der Waals surface area contributed by atoms with Gasteiger partial charge in [0.15, 0.2) is 5.82 Å². The number of hydrogen-bond donors (Lipinski definition) is 1. The van der Waals surface area contributed by atoms with Crippen LogP contribution in [0, 0.1) is 0 Å². The normalized spacial score (nSPS) is 20.7. The number of rotatable bonds is 4. The van der Waals surface area contributed by atoms with Crippen molar-refractivity contribution in [3.8, 4) is 0 Å². The molecular weight excluding hydrogens is 216 g/mol. The molecule has 17 heavy (non-hydrogen) atoms. The van der Waals surface area contributed by atoms with Crippen LogP contribution in [0.3, 0.4) is 0 Å². The summed E-state index contributed by atoms with van der Waals surface area (Å²) >= 11 is 0. The van der Waals surface area contributed by atoms with Gasteiger partial charge in [0.2, 0.25) is 0 Å². The average molecular weight is 236 g/mol. The average Bonchev–Trinajstić information content (AvgIpc) is 2.74. The second kappa shape index (κ2) is 5.31. The molecule has 0 aliphatic carbocycles. The summed E-state index contributed by atoms with van der Waals surface area (Å²) in [7, 11) is 2.13. The van der Waals surface area contributed by atoms with Crippen LogP contribution in [0.25, 0.3) is 0 Å². The zero-order valence-corrected chi connectivity index (χ0v) is 10.5. The molecule has 1 aromatic rings. The first-order valence-electron chi connectivity index (χ1n) is 6.22. The zero-order valence-electron chi connectivity index (χ0n) is 10.5. The Morgan fingerprint density at radius 3 is 3.06 bits per heavy atom. The van der Waals surface area contributed by atoms with E-state index in [1.165, 1.54) is 12.8 Å². The Balaban J connectivity index is 2.01. The fourth-order valence-corrected chi connectivity index (χ4v) is 2.27. The minimum atomic E-state index is -0.0318. The van der Waals surface area contributed by atoms with Crippen molar-refractivity contribution in [3.05, 3.63) is 22.7 Å². The van der Waals surface area contributed by atoms with E-state index in [9.17, 15) is 4.79 Å². The molecule has 5 nitrogen and oxygen atoms in total. The van der Waals surface area contributed by atoms with E-state index >= 15 is 0 Å². The topological polar surface area (TPSA) is 50.2 Å². The third kappa shape index (κ3) is 2.66. The molecule has 0 spiro atoms. The van der Waals surface area contributed by atoms with Crippen LogP contribution in [0.15, 0.2) is 17.2 Å². The smallest absolute Gasteiger partial charge is 0.293 e. The van der Waals surface area contributed by atoms with Crippen LogP contribution < -0.4 is 10.9 Å². The lowest BCUT2D eigenvalue weighted by molar-refractivity contribution is 0.322. The third-order valence-corrected chi connectivity index (χ3v) is 3.43. The van der Waals surface area contributed by atoms with Crippen LogP contribution in [-0.4, -0.2) is 40.6 Å². The molecule has 1 atom stereocenters. The predicted octanol–water partition coefficient (Wildman–Crippen LogP) is 0.769. The number of aryl methyl sites for hydroxylation is 1. The standard InChI is InChI=1S/C12H20N4O/c1-3-16-8-6-13-11(12(16)17)14-9-10-5-4-7-15(10)2/h6,8,10H,3-5,7,9H2,1-2H3,(H,13,14). The zero-order chi connectivity index (χ0) is 12.3. The van der Waals surface area contributed by atoms with Gasteiger partial charge in [0.05, 0.1) is 0 Å². The monoisotopic (exact) mass is 236 g/mol. The van der Waals surface area contributed by atoms with Crippen LogP contribution in [0.2, 0.25) is 0 Å². The highest BCUT2D eigenvalue weighted by atomic mass is 16.1. The predicted molar refractivity (Wildman–Crippen MR) is 68.3 cm³/mol. The van der Waals surface area contributed by atoms with E-state index in [1.54, 1.807) is 17.0 Å². The molecule has 2 heterocycles. The molecule has 2 rings (SSSR count). The number of nitrogens with one attached hydrogen (secondary N) is 1. The summed E-state index contributed by atoms with van der Waals surface area (Å²) in [6.07, 6.45) is 5.82. The SMILES string of the molecule is CCn1ccnc(NCC2CCCN2C)c1=O. The molecule has 0 amide bonds. The Morgan fingerprint density at radius 1 is 1.59 bits per heavy atom. The molecule has 0 bridgehead atoms. The molecule has 5 heteroatoms. The maximum Gasteiger partial charge on any atom is 0.293 e. The van der Waals surface area contributed by atoms with E-state index in [-0.39, 0.29) is 5.56 Å². The van der Waals surface area contributed by atoms with Crippen molar-refractivity contribution in [3.63, 3.8) is 0 Å². The van der Waals surface area contributed by atoms with Gasteiger partial charge in [0.25, 0.3) is 5.56 Å². The summed E-state index contributed by atoms with van der Waals surface area (Å²) in [5, 5.41) is 3.17. The van der Waals surface area contributed by atoms with Crippen molar-refractivity contribution in [1.82, 2.24) is 14.5 Å². The summed E-state index contributed by atoms with van der Waals surface area (Å²) in [4.78, 5) is 18.3. The number of likely N-dealkylation sites (tertiary alicyclic amines) is 1. The van der Waals surface area contributed by atoms with E-state index in [0.717, 1.165) is 13.1 Å². The van der Waals surface area contributed by atoms with Gasteiger partial charge in [-0.05, 0) is 33.4 Å². The van der Waals surface area contributed by atoms with E-state index < -0.39 is 0 Å². The molecule has 1 aliphatic heterocycles. The number of aromatic nitrogens is 2. The third-order valence-electron chi connectivity index (χ3n) is 3.43. The highest BCUT2D eigenvalue weighted by molar-refractivity contribution is 5.31. The Morgan fingerprint density at radius 2 is 2.41 bits per heavy atom. The van der Waals surface area contributed by atoms with Crippen molar-refractivity contribution in [2.24, 2.45) is 0 Å². The summed E-state index contributed by atoms with van der Waals surface area (Å²) in [5.41, 5.74) is -0.0318. The first kappa shape index (κ1) is 12.1. The number of nitrogens with zero attached hydrogens (tertiary/aromatic N) is 3. The van der Waals surface area contributed by atoms with Crippen LogP contribution >= 0.6 is 0 Å². The van der Waals surface area contributed by atoms with Gasteiger partial charge in [-0.25, -0.2) is 4.98 Å². The van der Waals surface area contributed by atoms with Crippen molar-refractivity contribution in [1.29, 1.82) is 0 Å². The van der Waals surface area contributed by atoms with Gasteiger partial charge < -0.3 is 14.8 Å². The lowest BCUT2D eigenvalue weighted by atomic mass is 10.2. The minimum absolute atomic E-state index is 0.0318. The summed E-state index contributed by atoms with van der Waals surface area (Å²) in [5.74, 6) is 0.467.